The van der Waals surface area contributed by atoms with Crippen molar-refractivity contribution < 1.29 is 23.8 Å². The third-order valence-corrected chi connectivity index (χ3v) is 3.97. The van der Waals surface area contributed by atoms with Crippen LogP contribution in [-0.2, 0) is 20.9 Å². The van der Waals surface area contributed by atoms with Crippen molar-refractivity contribution in [3.8, 4) is 0 Å². The molecule has 1 aliphatic rings. The first-order valence-electron chi connectivity index (χ1n) is 8.09. The van der Waals surface area contributed by atoms with E-state index < -0.39 is 0 Å². The minimum absolute atomic E-state index is 0.0519. The van der Waals surface area contributed by atoms with Crippen LogP contribution >= 0.6 is 0 Å². The number of ether oxygens (including phenoxy) is 1. The molecule has 132 valence electrons. The van der Waals surface area contributed by atoms with Crippen LogP contribution in [0.3, 0.4) is 0 Å². The number of nitrogens with zero attached hydrogens (tertiary/aromatic N) is 1. The maximum absolute atomic E-state index is 13.7. The topological polar surface area (TPSA) is 78.9 Å². The Kier molecular flexibility index (Phi) is 7.14. The maximum atomic E-state index is 13.7. The van der Waals surface area contributed by atoms with Crippen LogP contribution in [0.25, 0.3) is 0 Å². The van der Waals surface area contributed by atoms with Crippen molar-refractivity contribution in [2.45, 2.75) is 19.4 Å². The normalized spacial score (nSPS) is 17.8. The molecule has 0 bridgehead atoms. The van der Waals surface area contributed by atoms with Crippen molar-refractivity contribution >= 4 is 11.8 Å². The van der Waals surface area contributed by atoms with Gasteiger partial charge in [0.05, 0.1) is 25.7 Å². The molecule has 24 heavy (non-hydrogen) atoms. The molecule has 1 heterocycles. The molecule has 1 aliphatic heterocycles. The van der Waals surface area contributed by atoms with Gasteiger partial charge >= 0.3 is 0 Å². The molecular formula is C17H23FN2O4. The lowest BCUT2D eigenvalue weighted by molar-refractivity contribution is -0.139. The lowest BCUT2D eigenvalue weighted by Crippen LogP contribution is -2.46. The maximum Gasteiger partial charge on any atom is 0.224 e. The zero-order valence-electron chi connectivity index (χ0n) is 13.5. The highest BCUT2D eigenvalue weighted by Gasteiger charge is 2.30. The molecule has 1 atom stereocenters. The minimum atomic E-state index is -0.349. The molecule has 7 heteroatoms. The van der Waals surface area contributed by atoms with Crippen LogP contribution in [-0.4, -0.2) is 54.7 Å². The van der Waals surface area contributed by atoms with Gasteiger partial charge in [0.15, 0.2) is 0 Å². The summed E-state index contributed by atoms with van der Waals surface area (Å²) in [5.74, 6) is -0.840. The summed E-state index contributed by atoms with van der Waals surface area (Å²) in [6.07, 6.45) is 0.781. The predicted molar refractivity (Wildman–Crippen MR) is 85.5 cm³/mol. The Morgan fingerprint density at radius 1 is 1.38 bits per heavy atom. The van der Waals surface area contributed by atoms with Crippen molar-refractivity contribution in [2.75, 3.05) is 32.9 Å². The number of rotatable bonds is 8. The fourth-order valence-corrected chi connectivity index (χ4v) is 2.67. The van der Waals surface area contributed by atoms with Crippen LogP contribution in [0.1, 0.15) is 18.4 Å². The minimum Gasteiger partial charge on any atom is -0.394 e. The second-order valence-electron chi connectivity index (χ2n) is 5.73. The van der Waals surface area contributed by atoms with E-state index in [1.54, 1.807) is 18.2 Å². The number of benzene rings is 1. The fourth-order valence-electron chi connectivity index (χ4n) is 2.67. The Labute approximate surface area is 140 Å². The smallest absolute Gasteiger partial charge is 0.224 e. The summed E-state index contributed by atoms with van der Waals surface area (Å²) in [5.41, 5.74) is 0.448. The first-order valence-corrected chi connectivity index (χ1v) is 8.09. The lowest BCUT2D eigenvalue weighted by Gasteiger charge is -2.32. The molecule has 1 fully saturated rings. The first-order chi connectivity index (χ1) is 11.6. The highest BCUT2D eigenvalue weighted by molar-refractivity contribution is 5.83. The van der Waals surface area contributed by atoms with Crippen molar-refractivity contribution in [1.29, 1.82) is 0 Å². The SMILES string of the molecule is O=C(NCCOCCO)C1CCC(=O)N(Cc2ccccc2F)C1. The quantitative estimate of drug-likeness (QED) is 0.684. The van der Waals surface area contributed by atoms with E-state index in [-0.39, 0.29) is 56.3 Å². The van der Waals surface area contributed by atoms with Gasteiger partial charge in [-0.1, -0.05) is 18.2 Å². The number of aliphatic hydroxyl groups is 1. The predicted octanol–water partition coefficient (Wildman–Crippen LogP) is 0.689. The Hall–Kier alpha value is -1.99. The van der Waals surface area contributed by atoms with E-state index in [0.29, 0.717) is 25.1 Å². The zero-order valence-corrected chi connectivity index (χ0v) is 13.5. The van der Waals surface area contributed by atoms with E-state index >= 15 is 0 Å². The molecule has 0 spiro atoms. The fraction of sp³-hybridized carbons (Fsp3) is 0.529. The summed E-state index contributed by atoms with van der Waals surface area (Å²) >= 11 is 0. The standard InChI is InChI=1S/C17H23FN2O4/c18-15-4-2-1-3-13(15)11-20-12-14(5-6-16(20)22)17(23)19-7-9-24-10-8-21/h1-4,14,21H,5-12H2,(H,19,23). The third-order valence-electron chi connectivity index (χ3n) is 3.97. The molecule has 2 rings (SSSR count). The van der Waals surface area contributed by atoms with Crippen LogP contribution in [0.4, 0.5) is 4.39 Å². The highest BCUT2D eigenvalue weighted by atomic mass is 19.1. The number of hydrogen-bond acceptors (Lipinski definition) is 4. The zero-order chi connectivity index (χ0) is 17.4. The summed E-state index contributed by atoms with van der Waals surface area (Å²) in [7, 11) is 0. The van der Waals surface area contributed by atoms with Gasteiger partial charge in [-0.25, -0.2) is 4.39 Å². The molecule has 1 saturated heterocycles. The van der Waals surface area contributed by atoms with Crippen LogP contribution < -0.4 is 5.32 Å². The molecular weight excluding hydrogens is 315 g/mol. The van der Waals surface area contributed by atoms with Gasteiger partial charge in [0.25, 0.3) is 0 Å². The number of carbonyl (C=O) groups excluding carboxylic acids is 2. The van der Waals surface area contributed by atoms with E-state index in [1.807, 2.05) is 0 Å². The largest absolute Gasteiger partial charge is 0.394 e. The Bertz CT molecular complexity index is 567. The molecule has 2 amide bonds. The molecule has 2 N–H and O–H groups in total. The van der Waals surface area contributed by atoms with Crippen LogP contribution in [0.15, 0.2) is 24.3 Å². The third kappa shape index (κ3) is 5.28. The van der Waals surface area contributed by atoms with Gasteiger partial charge in [-0.15, -0.1) is 0 Å². The van der Waals surface area contributed by atoms with Crippen LogP contribution in [0.5, 0.6) is 0 Å². The monoisotopic (exact) mass is 338 g/mol. The number of likely N-dealkylation sites (tertiary alicyclic amines) is 1. The molecule has 1 aromatic carbocycles. The number of halogens is 1. The van der Waals surface area contributed by atoms with Crippen molar-refractivity contribution in [1.82, 2.24) is 10.2 Å². The number of amides is 2. The van der Waals surface area contributed by atoms with E-state index in [4.69, 9.17) is 9.84 Å². The lowest BCUT2D eigenvalue weighted by atomic mass is 9.96. The van der Waals surface area contributed by atoms with Crippen LogP contribution in [0.2, 0.25) is 0 Å². The van der Waals surface area contributed by atoms with Gasteiger partial charge in [0.2, 0.25) is 11.8 Å². The molecule has 0 saturated carbocycles. The van der Waals surface area contributed by atoms with E-state index in [2.05, 4.69) is 5.32 Å². The van der Waals surface area contributed by atoms with Crippen molar-refractivity contribution in [2.24, 2.45) is 5.92 Å². The summed E-state index contributed by atoms with van der Waals surface area (Å²) in [6, 6.07) is 6.33. The van der Waals surface area contributed by atoms with Gasteiger partial charge in [-0.3, -0.25) is 9.59 Å². The Balaban J connectivity index is 1.84. The van der Waals surface area contributed by atoms with Gasteiger partial charge in [0, 0.05) is 31.6 Å². The second-order valence-corrected chi connectivity index (χ2v) is 5.73. The number of hydrogen-bond donors (Lipinski definition) is 2. The van der Waals surface area contributed by atoms with Gasteiger partial charge in [-0.05, 0) is 12.5 Å². The van der Waals surface area contributed by atoms with Gasteiger partial charge < -0.3 is 20.1 Å². The van der Waals surface area contributed by atoms with Gasteiger partial charge in [0.1, 0.15) is 5.82 Å². The number of carbonyl (C=O) groups is 2. The van der Waals surface area contributed by atoms with Crippen molar-refractivity contribution in [3.05, 3.63) is 35.6 Å². The summed E-state index contributed by atoms with van der Waals surface area (Å²) in [5, 5.41) is 11.4. The highest BCUT2D eigenvalue weighted by Crippen LogP contribution is 2.21. The molecule has 1 aromatic rings. The average Bonchev–Trinajstić information content (AvgIpc) is 2.58. The molecule has 0 aliphatic carbocycles. The second kappa shape index (κ2) is 9.34. The number of aliphatic hydroxyl groups excluding tert-OH is 1. The number of piperidine rings is 1. The first kappa shape index (κ1) is 18.4. The molecule has 0 radical (unpaired) electrons. The van der Waals surface area contributed by atoms with E-state index in [0.717, 1.165) is 0 Å². The average molecular weight is 338 g/mol. The Morgan fingerprint density at radius 3 is 2.92 bits per heavy atom. The molecule has 1 unspecified atom stereocenters. The summed E-state index contributed by atoms with van der Waals surface area (Å²) < 4.78 is 18.8. The molecule has 6 nitrogen and oxygen atoms in total. The van der Waals surface area contributed by atoms with Crippen molar-refractivity contribution in [3.63, 3.8) is 0 Å². The van der Waals surface area contributed by atoms with Crippen LogP contribution in [0, 0.1) is 11.7 Å². The van der Waals surface area contributed by atoms with E-state index in [9.17, 15) is 14.0 Å². The Morgan fingerprint density at radius 2 is 2.17 bits per heavy atom. The van der Waals surface area contributed by atoms with Gasteiger partial charge in [-0.2, -0.15) is 0 Å². The molecule has 0 aromatic heterocycles. The number of nitrogens with one attached hydrogen (secondary N) is 1. The summed E-state index contributed by atoms with van der Waals surface area (Å²) in [4.78, 5) is 25.7. The summed E-state index contributed by atoms with van der Waals surface area (Å²) in [6.45, 7) is 1.34. The van der Waals surface area contributed by atoms with E-state index in [1.165, 1.54) is 11.0 Å².